The molecule has 0 aromatic carbocycles. The van der Waals surface area contributed by atoms with Crippen LogP contribution in [0.5, 0.6) is 0 Å². The number of aliphatic hydroxyl groups excluding tert-OH is 3. The molecule has 0 saturated heterocycles. The standard InChI is InChI=1S/C52H90NO12P/c1-8-10-24-31-45(54)32-26-20-18-19-21-27-33-47(55)48(56)34-30-38-51(57)61-41-46(42-63-66(59,60)62-40-39-53(5,6)7)64-52(58)37-29-23-17-15-13-12-14-16-22-28-36-50-44(4)43(3)49(65-50)35-25-11-9-2/h18-21,26-27,32-33,45-48,54-56H,8-17,22-25,28-31,34-42H2,1-7H3/p+1/b20-18-,21-19+,32-26+,33-27+/t45-,46-,47-,48-/m1/s1. The van der Waals surface area contributed by atoms with Crippen molar-refractivity contribution in [1.29, 1.82) is 0 Å². The molecule has 0 aliphatic rings. The molecule has 1 rings (SSSR count). The van der Waals surface area contributed by atoms with Gasteiger partial charge in [0.05, 0.1) is 46.1 Å². The predicted molar refractivity (Wildman–Crippen MR) is 264 cm³/mol. The van der Waals surface area contributed by atoms with E-state index in [4.69, 9.17) is 22.9 Å². The summed E-state index contributed by atoms with van der Waals surface area (Å²) in [6.45, 7) is 8.24. The van der Waals surface area contributed by atoms with E-state index in [1.807, 2.05) is 21.1 Å². The number of aryl methyl sites for hydroxylation is 2. The van der Waals surface area contributed by atoms with Gasteiger partial charge in [0.25, 0.3) is 0 Å². The van der Waals surface area contributed by atoms with Crippen LogP contribution in [0, 0.1) is 13.8 Å². The van der Waals surface area contributed by atoms with Crippen LogP contribution in [0.4, 0.5) is 0 Å². The monoisotopic (exact) mass is 953 g/mol. The summed E-state index contributed by atoms with van der Waals surface area (Å²) in [4.78, 5) is 35.6. The molecule has 1 aromatic rings. The summed E-state index contributed by atoms with van der Waals surface area (Å²) < 4.78 is 40.4. The first kappa shape index (κ1) is 61.1. The first-order valence-electron chi connectivity index (χ1n) is 25.1. The van der Waals surface area contributed by atoms with E-state index < -0.39 is 57.4 Å². The smallest absolute Gasteiger partial charge is 0.466 e. The Balaban J connectivity index is 2.43. The topological polar surface area (TPSA) is 182 Å². The quantitative estimate of drug-likeness (QED) is 0.0160. The Morgan fingerprint density at radius 3 is 1.74 bits per heavy atom. The lowest BCUT2D eigenvalue weighted by Gasteiger charge is -2.24. The Morgan fingerprint density at radius 2 is 1.15 bits per heavy atom. The molecular weight excluding hydrogens is 862 g/mol. The van der Waals surface area contributed by atoms with Gasteiger partial charge in [0, 0.05) is 25.7 Å². The molecule has 0 bridgehead atoms. The molecule has 0 spiro atoms. The van der Waals surface area contributed by atoms with Crippen molar-refractivity contribution >= 4 is 19.8 Å². The van der Waals surface area contributed by atoms with Gasteiger partial charge in [0.15, 0.2) is 6.10 Å². The highest BCUT2D eigenvalue weighted by molar-refractivity contribution is 7.47. The van der Waals surface area contributed by atoms with E-state index in [9.17, 15) is 34.4 Å². The molecule has 14 heteroatoms. The number of esters is 2. The van der Waals surface area contributed by atoms with Gasteiger partial charge >= 0.3 is 19.8 Å². The average Bonchev–Trinajstić information content (AvgIpc) is 3.53. The van der Waals surface area contributed by atoms with Crippen LogP contribution in [-0.4, -0.2) is 109 Å². The lowest BCUT2D eigenvalue weighted by atomic mass is 10.0. The van der Waals surface area contributed by atoms with Gasteiger partial charge in [-0.1, -0.05) is 146 Å². The summed E-state index contributed by atoms with van der Waals surface area (Å²) in [7, 11) is 1.27. The maximum Gasteiger partial charge on any atom is 0.472 e. The molecule has 4 N–H and O–H groups in total. The van der Waals surface area contributed by atoms with Gasteiger partial charge in [-0.2, -0.15) is 0 Å². The van der Waals surface area contributed by atoms with E-state index in [2.05, 4.69) is 27.7 Å². The molecule has 0 aliphatic carbocycles. The number of phosphoric acid groups is 1. The van der Waals surface area contributed by atoms with E-state index >= 15 is 0 Å². The number of hydrogen-bond donors (Lipinski definition) is 4. The largest absolute Gasteiger partial charge is 0.472 e. The number of rotatable bonds is 41. The molecule has 0 aliphatic heterocycles. The fourth-order valence-corrected chi connectivity index (χ4v) is 7.79. The van der Waals surface area contributed by atoms with E-state index in [-0.39, 0.29) is 32.3 Å². The molecule has 66 heavy (non-hydrogen) atoms. The number of ether oxygens (including phenoxy) is 2. The molecule has 0 saturated carbocycles. The van der Waals surface area contributed by atoms with Crippen molar-refractivity contribution in [2.45, 2.75) is 200 Å². The van der Waals surface area contributed by atoms with E-state index in [0.717, 1.165) is 70.6 Å². The van der Waals surface area contributed by atoms with Gasteiger partial charge < -0.3 is 38.6 Å². The Hall–Kier alpha value is -2.87. The zero-order chi connectivity index (χ0) is 49.1. The van der Waals surface area contributed by atoms with Crippen LogP contribution in [0.3, 0.4) is 0 Å². The Labute approximate surface area is 398 Å². The van der Waals surface area contributed by atoms with Gasteiger partial charge in [-0.05, 0) is 63.5 Å². The van der Waals surface area contributed by atoms with E-state index in [1.54, 1.807) is 42.5 Å². The summed E-state index contributed by atoms with van der Waals surface area (Å²) in [5.74, 6) is 1.20. The van der Waals surface area contributed by atoms with Crippen molar-refractivity contribution in [3.05, 3.63) is 71.3 Å². The lowest BCUT2D eigenvalue weighted by Crippen LogP contribution is -2.37. The van der Waals surface area contributed by atoms with Crippen molar-refractivity contribution in [2.75, 3.05) is 47.5 Å². The maximum atomic E-state index is 12.8. The lowest BCUT2D eigenvalue weighted by molar-refractivity contribution is -0.870. The van der Waals surface area contributed by atoms with Crippen molar-refractivity contribution in [3.8, 4) is 0 Å². The molecule has 1 aromatic heterocycles. The minimum Gasteiger partial charge on any atom is -0.466 e. The summed E-state index contributed by atoms with van der Waals surface area (Å²) in [6.07, 6.45) is 30.6. The van der Waals surface area contributed by atoms with Crippen LogP contribution >= 0.6 is 7.82 Å². The minimum absolute atomic E-state index is 0.0310. The number of allylic oxidation sites excluding steroid dienone is 6. The fourth-order valence-electron chi connectivity index (χ4n) is 7.05. The van der Waals surface area contributed by atoms with Crippen molar-refractivity contribution in [2.24, 2.45) is 0 Å². The highest BCUT2D eigenvalue weighted by Crippen LogP contribution is 2.43. The predicted octanol–water partition coefficient (Wildman–Crippen LogP) is 10.8. The van der Waals surface area contributed by atoms with Gasteiger partial charge in [-0.25, -0.2) is 4.57 Å². The number of hydrogen-bond acceptors (Lipinski definition) is 11. The minimum atomic E-state index is -4.48. The third kappa shape index (κ3) is 32.8. The summed E-state index contributed by atoms with van der Waals surface area (Å²) in [5.41, 5.74) is 2.66. The zero-order valence-electron chi connectivity index (χ0n) is 42.0. The van der Waals surface area contributed by atoms with Crippen LogP contribution in [0.15, 0.2) is 53.0 Å². The summed E-state index contributed by atoms with van der Waals surface area (Å²) in [5, 5.41) is 30.6. The van der Waals surface area contributed by atoms with Crippen LogP contribution in [-0.2, 0) is 45.5 Å². The number of carbonyl (C=O) groups excluding carboxylic acids is 2. The number of phosphoric ester groups is 1. The summed E-state index contributed by atoms with van der Waals surface area (Å²) >= 11 is 0. The fraction of sp³-hybridized carbons (Fsp3) is 0.731. The maximum absolute atomic E-state index is 12.8. The molecule has 5 atom stereocenters. The SMILES string of the molecule is CCCCCc1oc(CCCCCCCCCCCCC(=O)O[C@H](COC(=O)CCC[C@@H](O)[C@H](O)/C=C/C=C/C=C\C=C\[C@H](O)CCCCC)COP(=O)(O)OCC[N+](C)(C)C)c(C)c1C. The third-order valence-electron chi connectivity index (χ3n) is 11.4. The second kappa shape index (κ2) is 37.1. The number of nitrogens with zero attached hydrogens (tertiary/aromatic N) is 1. The molecule has 1 unspecified atom stereocenters. The molecule has 0 fully saturated rings. The molecule has 380 valence electrons. The highest BCUT2D eigenvalue weighted by atomic mass is 31.2. The molecule has 1 heterocycles. The first-order valence-corrected chi connectivity index (χ1v) is 26.5. The second-order valence-corrected chi connectivity index (χ2v) is 20.1. The molecular formula is C52H91NO12P+. The third-order valence-corrected chi connectivity index (χ3v) is 12.4. The van der Waals surface area contributed by atoms with Crippen molar-refractivity contribution in [1.82, 2.24) is 0 Å². The number of aliphatic hydroxyl groups is 3. The second-order valence-electron chi connectivity index (χ2n) is 18.7. The van der Waals surface area contributed by atoms with Crippen LogP contribution in [0.25, 0.3) is 0 Å². The highest BCUT2D eigenvalue weighted by Gasteiger charge is 2.27. The Kier molecular flexibility index (Phi) is 34.4. The Morgan fingerprint density at radius 1 is 0.636 bits per heavy atom. The van der Waals surface area contributed by atoms with Crippen molar-refractivity contribution in [3.63, 3.8) is 0 Å². The Bertz CT molecular complexity index is 1600. The number of carbonyl (C=O) groups is 2. The van der Waals surface area contributed by atoms with E-state index in [0.29, 0.717) is 17.4 Å². The van der Waals surface area contributed by atoms with Crippen LogP contribution in [0.1, 0.15) is 171 Å². The van der Waals surface area contributed by atoms with E-state index in [1.165, 1.54) is 73.7 Å². The average molecular weight is 953 g/mol. The van der Waals surface area contributed by atoms with Crippen LogP contribution < -0.4 is 0 Å². The number of furan rings is 1. The first-order chi connectivity index (χ1) is 31.5. The number of likely N-dealkylation sites (N-methyl/N-ethyl adjacent to an activating group) is 1. The number of unbranched alkanes of at least 4 members (excludes halogenated alkanes) is 13. The molecule has 13 nitrogen and oxygen atoms in total. The van der Waals surface area contributed by atoms with Gasteiger partial charge in [-0.3, -0.25) is 18.6 Å². The van der Waals surface area contributed by atoms with Gasteiger partial charge in [0.1, 0.15) is 31.3 Å². The van der Waals surface area contributed by atoms with Crippen molar-refractivity contribution < 1.29 is 61.8 Å². The number of quaternary nitrogens is 1. The normalized spacial score (nSPS) is 15.3. The van der Waals surface area contributed by atoms with Gasteiger partial charge in [-0.15, -0.1) is 0 Å². The molecule has 0 amide bonds. The molecule has 0 radical (unpaired) electrons. The van der Waals surface area contributed by atoms with Crippen LogP contribution in [0.2, 0.25) is 0 Å². The van der Waals surface area contributed by atoms with Gasteiger partial charge in [0.2, 0.25) is 0 Å². The zero-order valence-corrected chi connectivity index (χ0v) is 42.9. The summed E-state index contributed by atoms with van der Waals surface area (Å²) in [6, 6.07) is 0.